The zero-order valence-electron chi connectivity index (χ0n) is 24.6. The van der Waals surface area contributed by atoms with E-state index in [4.69, 9.17) is 24.7 Å². The van der Waals surface area contributed by atoms with Gasteiger partial charge in [-0.3, -0.25) is 0 Å². The molecule has 0 saturated carbocycles. The highest BCUT2D eigenvalue weighted by atomic mass is 16.5. The van der Waals surface area contributed by atoms with Crippen molar-refractivity contribution in [2.45, 2.75) is 41.5 Å². The van der Waals surface area contributed by atoms with Gasteiger partial charge < -0.3 is 9.64 Å². The maximum absolute atomic E-state index is 5.34. The summed E-state index contributed by atoms with van der Waals surface area (Å²) in [5.41, 5.74) is 7.46. The topological polar surface area (TPSA) is 99.1 Å². The van der Waals surface area contributed by atoms with E-state index in [-0.39, 0.29) is 5.41 Å². The molecule has 0 N–H and O–H groups in total. The Kier molecular flexibility index (Phi) is 6.21. The van der Waals surface area contributed by atoms with Gasteiger partial charge in [-0.1, -0.05) is 26.0 Å². The van der Waals surface area contributed by atoms with E-state index in [1.807, 2.05) is 65.1 Å². The third-order valence-electron chi connectivity index (χ3n) is 7.46. The molecule has 2 aliphatic rings. The van der Waals surface area contributed by atoms with Crippen LogP contribution >= 0.6 is 0 Å². The highest BCUT2D eigenvalue weighted by Gasteiger charge is 2.40. The van der Waals surface area contributed by atoms with Gasteiger partial charge in [0, 0.05) is 41.7 Å². The van der Waals surface area contributed by atoms with Crippen LogP contribution in [0.4, 0.5) is 0 Å². The van der Waals surface area contributed by atoms with Gasteiger partial charge in [0.25, 0.3) is 11.9 Å². The number of benzene rings is 1. The number of ether oxygens (including phenoxy) is 1. The molecule has 5 heterocycles. The molecule has 0 saturated heterocycles. The SMILES string of the molecule is COc1ccc(C2=CN(C)C3=N/C(=C\c4nc(-n5nc(C)cc5C)nc(-n5nc(C)cc5C)n4)C(C)(C)C3=C2)cc1. The molecule has 3 aromatic heterocycles. The molecule has 208 valence electrons. The number of aromatic nitrogens is 7. The van der Waals surface area contributed by atoms with Crippen LogP contribution in [0.2, 0.25) is 0 Å². The quantitative estimate of drug-likeness (QED) is 0.340. The van der Waals surface area contributed by atoms with Gasteiger partial charge in [-0.25, -0.2) is 14.4 Å². The van der Waals surface area contributed by atoms with E-state index in [0.717, 1.165) is 56.8 Å². The first kappa shape index (κ1) is 26.4. The molecule has 4 aromatic rings. The molecule has 0 atom stereocenters. The van der Waals surface area contributed by atoms with Crippen molar-refractivity contribution in [3.63, 3.8) is 0 Å². The van der Waals surface area contributed by atoms with E-state index in [1.54, 1.807) is 16.5 Å². The van der Waals surface area contributed by atoms with Gasteiger partial charge >= 0.3 is 0 Å². The lowest BCUT2D eigenvalue weighted by molar-refractivity contribution is 0.415. The van der Waals surface area contributed by atoms with Crippen LogP contribution in [0.25, 0.3) is 23.5 Å². The van der Waals surface area contributed by atoms with Gasteiger partial charge in [0.15, 0.2) is 5.82 Å². The molecule has 10 heteroatoms. The number of methoxy groups -OCH3 is 1. The average molecular weight is 548 g/mol. The molecule has 6 rings (SSSR count). The number of nitrogens with zero attached hydrogens (tertiary/aromatic N) is 9. The number of likely N-dealkylation sites (N-methyl/N-ethyl adjacent to an activating group) is 1. The second-order valence-electron chi connectivity index (χ2n) is 11.0. The highest BCUT2D eigenvalue weighted by molar-refractivity contribution is 6.08. The smallest absolute Gasteiger partial charge is 0.256 e. The van der Waals surface area contributed by atoms with Crippen molar-refractivity contribution in [2.75, 3.05) is 14.2 Å². The predicted molar refractivity (Wildman–Crippen MR) is 159 cm³/mol. The lowest BCUT2D eigenvalue weighted by Gasteiger charge is -2.28. The molecule has 2 aliphatic heterocycles. The maximum atomic E-state index is 5.34. The minimum Gasteiger partial charge on any atom is -0.497 e. The van der Waals surface area contributed by atoms with Crippen LogP contribution < -0.4 is 4.74 Å². The minimum atomic E-state index is -0.390. The monoisotopic (exact) mass is 547 g/mol. The zero-order chi connectivity index (χ0) is 29.1. The normalized spacial score (nSPS) is 16.9. The molecule has 10 nitrogen and oxygen atoms in total. The second-order valence-corrected chi connectivity index (χ2v) is 11.0. The first-order valence-electron chi connectivity index (χ1n) is 13.5. The molecular formula is C31H33N9O. The Morgan fingerprint density at radius 1 is 0.829 bits per heavy atom. The van der Waals surface area contributed by atoms with Crippen molar-refractivity contribution < 1.29 is 4.74 Å². The second kappa shape index (κ2) is 9.65. The van der Waals surface area contributed by atoms with E-state index in [0.29, 0.717) is 17.7 Å². The summed E-state index contributed by atoms with van der Waals surface area (Å²) in [6, 6.07) is 12.1. The van der Waals surface area contributed by atoms with E-state index in [1.165, 1.54) is 0 Å². The van der Waals surface area contributed by atoms with Crippen molar-refractivity contribution in [1.82, 2.24) is 39.4 Å². The minimum absolute atomic E-state index is 0.390. The zero-order valence-corrected chi connectivity index (χ0v) is 24.6. The number of hydrogen-bond acceptors (Lipinski definition) is 8. The Labute approximate surface area is 239 Å². The molecule has 0 spiro atoms. The van der Waals surface area contributed by atoms with Crippen molar-refractivity contribution in [3.05, 3.63) is 94.1 Å². The van der Waals surface area contributed by atoms with Gasteiger partial charge in [0.2, 0.25) is 0 Å². The molecule has 0 aliphatic carbocycles. The standard InChI is InChI=1S/C31H33N9O/c1-18-13-20(3)39(36-18)29-33-27(34-30(35-29)40-21(4)14-19(2)37-40)16-26-31(5,6)25-15-23(17-38(7)28(25)32-26)22-9-11-24(41-8)12-10-22/h9-17H,1-8H3/b26-16-. The highest BCUT2D eigenvalue weighted by Crippen LogP contribution is 2.46. The molecule has 0 radical (unpaired) electrons. The summed E-state index contributed by atoms with van der Waals surface area (Å²) < 4.78 is 8.81. The van der Waals surface area contributed by atoms with Crippen LogP contribution in [0.15, 0.2) is 64.9 Å². The van der Waals surface area contributed by atoms with Crippen LogP contribution in [0.3, 0.4) is 0 Å². The van der Waals surface area contributed by atoms with Crippen LogP contribution in [0.5, 0.6) is 5.75 Å². The lowest BCUT2D eigenvalue weighted by atomic mass is 9.80. The van der Waals surface area contributed by atoms with Gasteiger partial charge in [0.05, 0.1) is 24.2 Å². The summed E-state index contributed by atoms with van der Waals surface area (Å²) in [5.74, 6) is 3.09. The third-order valence-corrected chi connectivity index (χ3v) is 7.46. The van der Waals surface area contributed by atoms with Crippen molar-refractivity contribution in [2.24, 2.45) is 10.4 Å². The van der Waals surface area contributed by atoms with Gasteiger partial charge in [-0.05, 0) is 69.2 Å². The number of amidine groups is 1. The van der Waals surface area contributed by atoms with E-state index >= 15 is 0 Å². The molecule has 0 fully saturated rings. The van der Waals surface area contributed by atoms with Crippen molar-refractivity contribution in [1.29, 1.82) is 0 Å². The van der Waals surface area contributed by atoms with Crippen LogP contribution in [0.1, 0.15) is 48.0 Å². The summed E-state index contributed by atoms with van der Waals surface area (Å²) in [6.45, 7) is 12.2. The maximum Gasteiger partial charge on any atom is 0.256 e. The summed E-state index contributed by atoms with van der Waals surface area (Å²) in [7, 11) is 3.70. The fourth-order valence-corrected chi connectivity index (χ4v) is 5.27. The third kappa shape index (κ3) is 4.65. The van der Waals surface area contributed by atoms with Crippen LogP contribution in [-0.2, 0) is 0 Å². The number of aryl methyl sites for hydroxylation is 4. The molecular weight excluding hydrogens is 514 g/mol. The Hall–Kier alpha value is -4.86. The average Bonchev–Trinajstić information content (AvgIpc) is 3.55. The number of aliphatic imine (C=N–C) groups is 1. The molecule has 1 aromatic carbocycles. The summed E-state index contributed by atoms with van der Waals surface area (Å²) in [6.07, 6.45) is 6.27. The first-order chi connectivity index (χ1) is 19.5. The lowest BCUT2D eigenvalue weighted by Crippen LogP contribution is -2.28. The van der Waals surface area contributed by atoms with E-state index < -0.39 is 0 Å². The first-order valence-corrected chi connectivity index (χ1v) is 13.5. The number of rotatable bonds is 5. The fraction of sp³-hybridized carbons (Fsp3) is 0.290. The summed E-state index contributed by atoms with van der Waals surface area (Å²) in [4.78, 5) is 21.5. The summed E-state index contributed by atoms with van der Waals surface area (Å²) in [5, 5.41) is 9.23. The number of hydrogen-bond donors (Lipinski definition) is 0. The van der Waals surface area contributed by atoms with Gasteiger partial charge in [-0.15, -0.1) is 0 Å². The Balaban J connectivity index is 1.45. The van der Waals surface area contributed by atoms with Gasteiger partial charge in [-0.2, -0.15) is 25.1 Å². The Morgan fingerprint density at radius 2 is 1.41 bits per heavy atom. The van der Waals surface area contributed by atoms with Crippen LogP contribution in [-0.4, -0.2) is 59.4 Å². The van der Waals surface area contributed by atoms with Crippen molar-refractivity contribution in [3.8, 4) is 17.6 Å². The fourth-order valence-electron chi connectivity index (χ4n) is 5.27. The van der Waals surface area contributed by atoms with E-state index in [9.17, 15) is 0 Å². The van der Waals surface area contributed by atoms with Crippen LogP contribution in [0, 0.1) is 33.1 Å². The Morgan fingerprint density at radius 3 is 1.93 bits per heavy atom. The molecule has 0 amide bonds. The predicted octanol–water partition coefficient (Wildman–Crippen LogP) is 5.18. The largest absolute Gasteiger partial charge is 0.497 e. The molecule has 0 bridgehead atoms. The van der Waals surface area contributed by atoms with E-state index in [2.05, 4.69) is 53.4 Å². The van der Waals surface area contributed by atoms with Gasteiger partial charge in [0.1, 0.15) is 11.6 Å². The molecule has 0 unspecified atom stereocenters. The number of allylic oxidation sites excluding steroid dienone is 3. The van der Waals surface area contributed by atoms with Crippen molar-refractivity contribution >= 4 is 17.5 Å². The molecule has 41 heavy (non-hydrogen) atoms. The summed E-state index contributed by atoms with van der Waals surface area (Å²) >= 11 is 0. The number of fused-ring (bicyclic) bond motifs is 1. The Bertz CT molecular complexity index is 1730.